The number of fused-ring (bicyclic) bond motifs is 1. The predicted molar refractivity (Wildman–Crippen MR) is 151 cm³/mol. The normalized spacial score (nSPS) is 20.2. The summed E-state index contributed by atoms with van der Waals surface area (Å²) < 4.78 is 5.64. The fourth-order valence-electron chi connectivity index (χ4n) is 5.08. The van der Waals surface area contributed by atoms with Crippen molar-refractivity contribution in [3.8, 4) is 16.2 Å². The number of carbonyl (C=O) groups excluding carboxylic acids is 2. The first-order chi connectivity index (χ1) is 19.5. The van der Waals surface area contributed by atoms with Crippen molar-refractivity contribution in [2.24, 2.45) is 5.92 Å². The average Bonchev–Trinajstić information content (AvgIpc) is 3.68. The van der Waals surface area contributed by atoms with Crippen LogP contribution in [0.4, 0.5) is 17.1 Å². The van der Waals surface area contributed by atoms with Gasteiger partial charge in [0.1, 0.15) is 17.7 Å². The molecule has 0 radical (unpaired) electrons. The number of para-hydroxylation sites is 1. The highest BCUT2D eigenvalue weighted by Crippen LogP contribution is 2.50. The summed E-state index contributed by atoms with van der Waals surface area (Å²) in [6.45, 7) is 2.60. The molecule has 9 nitrogen and oxygen atoms in total. The van der Waals surface area contributed by atoms with Gasteiger partial charge in [-0.3, -0.25) is 24.5 Å². The largest absolute Gasteiger partial charge is 0.494 e. The second-order valence-corrected chi connectivity index (χ2v) is 10.6. The average molecular weight is 556 g/mol. The number of carbonyl (C=O) groups is 2. The number of rotatable bonds is 8. The number of nitro benzene ring substituents is 1. The Morgan fingerprint density at radius 1 is 0.900 bits per heavy atom. The van der Waals surface area contributed by atoms with Crippen LogP contribution >= 0.6 is 11.3 Å². The van der Waals surface area contributed by atoms with E-state index in [1.165, 1.54) is 28.4 Å². The summed E-state index contributed by atoms with van der Waals surface area (Å²) in [5, 5.41) is 12.7. The molecule has 6 rings (SSSR count). The maximum absolute atomic E-state index is 13.9. The highest BCUT2D eigenvalue weighted by molar-refractivity contribution is 7.15. The van der Waals surface area contributed by atoms with Crippen LogP contribution in [0.25, 0.3) is 10.4 Å². The fraction of sp³-hybridized carbons (Fsp3) is 0.200. The number of amides is 2. The summed E-state index contributed by atoms with van der Waals surface area (Å²) in [6, 6.07) is 26.0. The number of thiophene rings is 1. The van der Waals surface area contributed by atoms with Crippen LogP contribution in [-0.2, 0) is 14.4 Å². The fourth-order valence-corrected chi connectivity index (χ4v) is 6.23. The molecule has 3 heterocycles. The molecule has 2 fully saturated rings. The summed E-state index contributed by atoms with van der Waals surface area (Å²) in [6.07, 6.45) is -0.0990. The van der Waals surface area contributed by atoms with Crippen LogP contribution in [0.15, 0.2) is 91.0 Å². The van der Waals surface area contributed by atoms with Crippen molar-refractivity contribution in [1.29, 1.82) is 0 Å². The van der Waals surface area contributed by atoms with E-state index in [0.29, 0.717) is 18.0 Å². The molecule has 202 valence electrons. The topological polar surface area (TPSA) is 102 Å². The quantitative estimate of drug-likeness (QED) is 0.146. The second-order valence-electron chi connectivity index (χ2n) is 9.52. The van der Waals surface area contributed by atoms with Crippen LogP contribution in [0.5, 0.6) is 5.75 Å². The monoisotopic (exact) mass is 555 g/mol. The number of hydrogen-bond donors (Lipinski definition) is 0. The minimum absolute atomic E-state index is 0.0166. The van der Waals surface area contributed by atoms with E-state index in [9.17, 15) is 19.7 Å². The summed E-state index contributed by atoms with van der Waals surface area (Å²) in [4.78, 5) is 47.3. The molecule has 4 aromatic rings. The van der Waals surface area contributed by atoms with Crippen molar-refractivity contribution in [2.45, 2.75) is 25.5 Å². The molecule has 3 atom stereocenters. The standard InChI is InChI=1S/C30H25N3O6S/c1-2-18-38-23-14-12-20(13-15-23)31-29(34)26-27(32(39-28(26)30(31)35)21-6-4-3-5-7-21)25-17-16-24(40-25)19-8-10-22(11-9-19)33(36)37/h3-17,26-28H,2,18H2,1H3/t26-,27-,28+/m0/s1. The van der Waals surface area contributed by atoms with E-state index in [1.807, 2.05) is 49.4 Å². The molecule has 2 saturated heterocycles. The number of ether oxygens (including phenoxy) is 1. The van der Waals surface area contributed by atoms with E-state index in [4.69, 9.17) is 9.57 Å². The van der Waals surface area contributed by atoms with Gasteiger partial charge < -0.3 is 4.74 Å². The Bertz CT molecular complexity index is 1550. The molecule has 2 aliphatic heterocycles. The van der Waals surface area contributed by atoms with Gasteiger partial charge in [0.25, 0.3) is 11.6 Å². The van der Waals surface area contributed by atoms with E-state index < -0.39 is 28.9 Å². The number of anilines is 2. The molecule has 40 heavy (non-hydrogen) atoms. The van der Waals surface area contributed by atoms with Crippen molar-refractivity contribution in [2.75, 3.05) is 16.6 Å². The Balaban J connectivity index is 1.34. The molecule has 0 aliphatic carbocycles. The van der Waals surface area contributed by atoms with Crippen molar-refractivity contribution in [1.82, 2.24) is 0 Å². The van der Waals surface area contributed by atoms with Crippen LogP contribution in [0, 0.1) is 16.0 Å². The molecule has 10 heteroatoms. The third kappa shape index (κ3) is 4.51. The zero-order chi connectivity index (χ0) is 27.8. The highest BCUT2D eigenvalue weighted by atomic mass is 32.1. The minimum atomic E-state index is -0.973. The van der Waals surface area contributed by atoms with E-state index in [1.54, 1.807) is 41.5 Å². The molecule has 2 aliphatic rings. The first-order valence-electron chi connectivity index (χ1n) is 12.9. The number of non-ortho nitro benzene ring substituents is 1. The Kier molecular flexibility index (Phi) is 6.79. The Labute approximate surface area is 234 Å². The Hall–Kier alpha value is -4.54. The van der Waals surface area contributed by atoms with Crippen molar-refractivity contribution < 1.29 is 24.1 Å². The van der Waals surface area contributed by atoms with Gasteiger partial charge in [-0.15, -0.1) is 11.3 Å². The number of nitro groups is 1. The van der Waals surface area contributed by atoms with E-state index in [-0.39, 0.29) is 11.6 Å². The molecular formula is C30H25N3O6S. The predicted octanol–water partition coefficient (Wildman–Crippen LogP) is 6.16. The van der Waals surface area contributed by atoms with E-state index in [2.05, 4.69) is 0 Å². The van der Waals surface area contributed by atoms with Crippen LogP contribution in [-0.4, -0.2) is 29.4 Å². The van der Waals surface area contributed by atoms with Gasteiger partial charge in [-0.05, 0) is 72.6 Å². The van der Waals surface area contributed by atoms with Crippen LogP contribution < -0.4 is 14.7 Å². The zero-order valence-corrected chi connectivity index (χ0v) is 22.3. The van der Waals surface area contributed by atoms with Gasteiger partial charge in [0.15, 0.2) is 6.10 Å². The van der Waals surface area contributed by atoms with Crippen molar-refractivity contribution in [3.05, 3.63) is 106 Å². The lowest BCUT2D eigenvalue weighted by Gasteiger charge is -2.27. The second kappa shape index (κ2) is 10.6. The number of imide groups is 1. The molecule has 0 bridgehead atoms. The summed E-state index contributed by atoms with van der Waals surface area (Å²) in [7, 11) is 0. The van der Waals surface area contributed by atoms with Gasteiger partial charge in [0.2, 0.25) is 5.91 Å². The van der Waals surface area contributed by atoms with E-state index >= 15 is 0 Å². The maximum Gasteiger partial charge on any atom is 0.269 e. The smallest absolute Gasteiger partial charge is 0.269 e. The Morgan fingerprint density at radius 2 is 1.62 bits per heavy atom. The number of hydrogen-bond acceptors (Lipinski definition) is 8. The molecule has 3 aromatic carbocycles. The summed E-state index contributed by atoms with van der Waals surface area (Å²) in [5.41, 5.74) is 2.05. The van der Waals surface area contributed by atoms with Crippen LogP contribution in [0.2, 0.25) is 0 Å². The number of benzene rings is 3. The zero-order valence-electron chi connectivity index (χ0n) is 21.5. The Morgan fingerprint density at radius 3 is 2.30 bits per heavy atom. The molecule has 0 spiro atoms. The molecule has 0 unspecified atom stereocenters. The maximum atomic E-state index is 13.9. The lowest BCUT2D eigenvalue weighted by atomic mass is 9.95. The lowest BCUT2D eigenvalue weighted by Crippen LogP contribution is -2.37. The van der Waals surface area contributed by atoms with Crippen LogP contribution in [0.1, 0.15) is 24.3 Å². The van der Waals surface area contributed by atoms with Gasteiger partial charge in [-0.1, -0.05) is 25.1 Å². The van der Waals surface area contributed by atoms with Crippen molar-refractivity contribution in [3.63, 3.8) is 0 Å². The third-order valence-electron chi connectivity index (χ3n) is 6.97. The summed E-state index contributed by atoms with van der Waals surface area (Å²) >= 11 is 1.46. The SMILES string of the molecule is CCCOc1ccc(N2C(=O)[C@@H]3[C@@H](ON(c4ccccc4)[C@H]3c3ccc(-c4ccc([N+](=O)[O-])cc4)s3)C2=O)cc1. The lowest BCUT2D eigenvalue weighted by molar-refractivity contribution is -0.384. The summed E-state index contributed by atoms with van der Waals surface area (Å²) in [5.74, 6) is -0.822. The minimum Gasteiger partial charge on any atom is -0.494 e. The van der Waals surface area contributed by atoms with Gasteiger partial charge in [0.05, 0.1) is 22.9 Å². The van der Waals surface area contributed by atoms with Gasteiger partial charge in [0, 0.05) is 21.9 Å². The molecule has 0 N–H and O–H groups in total. The van der Waals surface area contributed by atoms with Crippen molar-refractivity contribution >= 4 is 40.2 Å². The molecular weight excluding hydrogens is 530 g/mol. The number of nitrogens with zero attached hydrogens (tertiary/aromatic N) is 3. The molecule has 0 saturated carbocycles. The molecule has 2 amide bonds. The number of hydroxylamine groups is 1. The highest BCUT2D eigenvalue weighted by Gasteiger charge is 2.60. The first-order valence-corrected chi connectivity index (χ1v) is 13.7. The van der Waals surface area contributed by atoms with Gasteiger partial charge in [-0.2, -0.15) is 0 Å². The van der Waals surface area contributed by atoms with Gasteiger partial charge in [-0.25, -0.2) is 9.96 Å². The van der Waals surface area contributed by atoms with Gasteiger partial charge >= 0.3 is 0 Å². The van der Waals surface area contributed by atoms with Crippen LogP contribution in [0.3, 0.4) is 0 Å². The van der Waals surface area contributed by atoms with E-state index in [0.717, 1.165) is 27.4 Å². The third-order valence-corrected chi connectivity index (χ3v) is 8.18. The molecule has 1 aromatic heterocycles. The first kappa shape index (κ1) is 25.7.